The van der Waals surface area contributed by atoms with Crippen molar-refractivity contribution >= 4 is 5.91 Å². The molecule has 25 heavy (non-hydrogen) atoms. The highest BCUT2D eigenvalue weighted by molar-refractivity contribution is 5.76. The van der Waals surface area contributed by atoms with Crippen LogP contribution in [0.1, 0.15) is 49.7 Å². The quantitative estimate of drug-likeness (QED) is 0.821. The summed E-state index contributed by atoms with van der Waals surface area (Å²) in [7, 11) is 0. The monoisotopic (exact) mass is 338 g/mol. The van der Waals surface area contributed by atoms with Crippen LogP contribution in [0.2, 0.25) is 0 Å². The summed E-state index contributed by atoms with van der Waals surface area (Å²) in [6.45, 7) is 1.08. The van der Waals surface area contributed by atoms with Crippen LogP contribution in [-0.4, -0.2) is 10.9 Å². The van der Waals surface area contributed by atoms with Gasteiger partial charge in [0.2, 0.25) is 5.91 Å². The third kappa shape index (κ3) is 5.89. The minimum Gasteiger partial charge on any atom is -0.489 e. The zero-order valence-corrected chi connectivity index (χ0v) is 14.6. The predicted molar refractivity (Wildman–Crippen MR) is 98.0 cm³/mol. The molecule has 1 N–H and O–H groups in total. The van der Waals surface area contributed by atoms with Gasteiger partial charge in [0.15, 0.2) is 0 Å². The van der Waals surface area contributed by atoms with Crippen LogP contribution in [0.5, 0.6) is 5.75 Å². The standard InChI is InChI=1S/C21H26N2O2/c24-21(13-17-5-2-1-3-6-17)23-15-18-8-10-20(11-9-18)25-16-19-7-4-12-22-14-19/h4,7-12,14,17H,1-3,5-6,13,15-16H2,(H,23,24). The van der Waals surface area contributed by atoms with Gasteiger partial charge in [0.25, 0.3) is 0 Å². The Bertz CT molecular complexity index is 649. The molecule has 0 aliphatic heterocycles. The van der Waals surface area contributed by atoms with E-state index in [0.717, 1.165) is 16.9 Å². The third-order valence-corrected chi connectivity index (χ3v) is 4.74. The van der Waals surface area contributed by atoms with Crippen LogP contribution in [0, 0.1) is 5.92 Å². The topological polar surface area (TPSA) is 51.2 Å². The molecule has 1 aromatic carbocycles. The van der Waals surface area contributed by atoms with Gasteiger partial charge in [-0.3, -0.25) is 9.78 Å². The van der Waals surface area contributed by atoms with E-state index in [2.05, 4.69) is 10.3 Å². The van der Waals surface area contributed by atoms with Gasteiger partial charge in [-0.25, -0.2) is 0 Å². The summed E-state index contributed by atoms with van der Waals surface area (Å²) in [5.41, 5.74) is 2.13. The van der Waals surface area contributed by atoms with Crippen LogP contribution in [0.25, 0.3) is 0 Å². The molecule has 0 atom stereocenters. The first-order chi connectivity index (χ1) is 12.3. The number of aromatic nitrogens is 1. The minimum absolute atomic E-state index is 0.170. The fourth-order valence-corrected chi connectivity index (χ4v) is 3.28. The molecule has 1 aliphatic rings. The molecule has 1 aliphatic carbocycles. The summed E-state index contributed by atoms with van der Waals surface area (Å²) >= 11 is 0. The molecule has 4 nitrogen and oxygen atoms in total. The lowest BCUT2D eigenvalue weighted by Gasteiger charge is -2.20. The predicted octanol–water partition coefficient (Wildman–Crippen LogP) is 4.25. The van der Waals surface area contributed by atoms with E-state index in [1.165, 1.54) is 32.1 Å². The van der Waals surface area contributed by atoms with Gasteiger partial charge >= 0.3 is 0 Å². The van der Waals surface area contributed by atoms with E-state index in [1.54, 1.807) is 12.4 Å². The van der Waals surface area contributed by atoms with Crippen molar-refractivity contribution in [1.82, 2.24) is 10.3 Å². The normalized spacial score (nSPS) is 14.9. The summed E-state index contributed by atoms with van der Waals surface area (Å²) in [6.07, 6.45) is 10.5. The van der Waals surface area contributed by atoms with E-state index < -0.39 is 0 Å². The number of hydrogen-bond donors (Lipinski definition) is 1. The number of rotatable bonds is 7. The van der Waals surface area contributed by atoms with Gasteiger partial charge in [0.05, 0.1) is 0 Å². The Hall–Kier alpha value is -2.36. The smallest absolute Gasteiger partial charge is 0.220 e. The van der Waals surface area contributed by atoms with Crippen molar-refractivity contribution in [1.29, 1.82) is 0 Å². The van der Waals surface area contributed by atoms with Crippen molar-refractivity contribution in [2.24, 2.45) is 5.92 Å². The maximum atomic E-state index is 12.1. The molecule has 1 fully saturated rings. The van der Waals surface area contributed by atoms with Crippen molar-refractivity contribution in [3.63, 3.8) is 0 Å². The number of amides is 1. The molecule has 4 heteroatoms. The van der Waals surface area contributed by atoms with Crippen molar-refractivity contribution in [3.05, 3.63) is 59.9 Å². The Kier molecular flexibility index (Phi) is 6.43. The minimum atomic E-state index is 0.170. The lowest BCUT2D eigenvalue weighted by atomic mass is 9.87. The zero-order valence-electron chi connectivity index (χ0n) is 14.6. The number of hydrogen-bond acceptors (Lipinski definition) is 3. The highest BCUT2D eigenvalue weighted by Crippen LogP contribution is 2.26. The summed E-state index contributed by atoms with van der Waals surface area (Å²) in [6, 6.07) is 11.8. The number of benzene rings is 1. The van der Waals surface area contributed by atoms with Gasteiger partial charge in [-0.2, -0.15) is 0 Å². The first kappa shape index (κ1) is 17.5. The largest absolute Gasteiger partial charge is 0.489 e. The van der Waals surface area contributed by atoms with Gasteiger partial charge in [-0.1, -0.05) is 37.5 Å². The highest BCUT2D eigenvalue weighted by Gasteiger charge is 2.16. The van der Waals surface area contributed by atoms with Gasteiger partial charge in [0, 0.05) is 30.9 Å². The Balaban J connectivity index is 1.40. The number of nitrogens with one attached hydrogen (secondary N) is 1. The van der Waals surface area contributed by atoms with E-state index in [1.807, 2.05) is 36.4 Å². The van der Waals surface area contributed by atoms with Crippen molar-refractivity contribution in [2.75, 3.05) is 0 Å². The molecule has 1 amide bonds. The Morgan fingerprint density at radius 3 is 2.60 bits per heavy atom. The van der Waals surface area contributed by atoms with Gasteiger partial charge in [-0.05, 0) is 42.5 Å². The number of carbonyl (C=O) groups excluding carboxylic acids is 1. The molecular weight excluding hydrogens is 312 g/mol. The lowest BCUT2D eigenvalue weighted by molar-refractivity contribution is -0.122. The van der Waals surface area contributed by atoms with Crippen molar-refractivity contribution < 1.29 is 9.53 Å². The summed E-state index contributed by atoms with van der Waals surface area (Å²) in [4.78, 5) is 16.1. The number of pyridine rings is 1. The van der Waals surface area contributed by atoms with E-state index >= 15 is 0 Å². The van der Waals surface area contributed by atoms with E-state index in [9.17, 15) is 4.79 Å². The average Bonchev–Trinajstić information content (AvgIpc) is 2.67. The van der Waals surface area contributed by atoms with Crippen molar-refractivity contribution in [3.8, 4) is 5.75 Å². The third-order valence-electron chi connectivity index (χ3n) is 4.74. The second-order valence-electron chi connectivity index (χ2n) is 6.78. The Morgan fingerprint density at radius 2 is 1.88 bits per heavy atom. The number of nitrogens with zero attached hydrogens (tertiary/aromatic N) is 1. The molecule has 0 bridgehead atoms. The first-order valence-corrected chi connectivity index (χ1v) is 9.17. The molecule has 0 saturated heterocycles. The zero-order chi connectivity index (χ0) is 17.3. The molecule has 2 aromatic rings. The maximum Gasteiger partial charge on any atom is 0.220 e. The van der Waals surface area contributed by atoms with Crippen LogP contribution in [0.4, 0.5) is 0 Å². The molecular formula is C21H26N2O2. The molecule has 1 aromatic heterocycles. The van der Waals surface area contributed by atoms with Crippen LogP contribution >= 0.6 is 0 Å². The number of carbonyl (C=O) groups is 1. The summed E-state index contributed by atoms with van der Waals surface area (Å²) < 4.78 is 5.75. The molecule has 1 saturated carbocycles. The molecule has 0 unspecified atom stereocenters. The maximum absolute atomic E-state index is 12.1. The second kappa shape index (κ2) is 9.21. The highest BCUT2D eigenvalue weighted by atomic mass is 16.5. The van der Waals surface area contributed by atoms with Gasteiger partial charge < -0.3 is 10.1 Å². The van der Waals surface area contributed by atoms with Gasteiger partial charge in [-0.15, -0.1) is 0 Å². The van der Waals surface area contributed by atoms with Crippen LogP contribution in [-0.2, 0) is 17.9 Å². The summed E-state index contributed by atoms with van der Waals surface area (Å²) in [5.74, 6) is 1.57. The second-order valence-corrected chi connectivity index (χ2v) is 6.78. The average molecular weight is 338 g/mol. The SMILES string of the molecule is O=C(CC1CCCCC1)NCc1ccc(OCc2cccnc2)cc1. The van der Waals surface area contributed by atoms with Crippen LogP contribution < -0.4 is 10.1 Å². The van der Waals surface area contributed by atoms with Gasteiger partial charge in [0.1, 0.15) is 12.4 Å². The fourth-order valence-electron chi connectivity index (χ4n) is 3.28. The number of ether oxygens (including phenoxy) is 1. The van der Waals surface area contributed by atoms with Crippen LogP contribution in [0.3, 0.4) is 0 Å². The Labute approximate surface area is 149 Å². The van der Waals surface area contributed by atoms with E-state index in [-0.39, 0.29) is 5.91 Å². The molecule has 3 rings (SSSR count). The lowest BCUT2D eigenvalue weighted by Crippen LogP contribution is -2.25. The Morgan fingerprint density at radius 1 is 1.08 bits per heavy atom. The molecule has 1 heterocycles. The van der Waals surface area contributed by atoms with E-state index in [4.69, 9.17) is 4.74 Å². The molecule has 0 radical (unpaired) electrons. The van der Waals surface area contributed by atoms with Crippen LogP contribution in [0.15, 0.2) is 48.8 Å². The fraction of sp³-hybridized carbons (Fsp3) is 0.429. The van der Waals surface area contributed by atoms with Crippen molar-refractivity contribution in [2.45, 2.75) is 51.7 Å². The molecule has 132 valence electrons. The first-order valence-electron chi connectivity index (χ1n) is 9.17. The van der Waals surface area contributed by atoms with E-state index in [0.29, 0.717) is 25.5 Å². The molecule has 0 spiro atoms. The summed E-state index contributed by atoms with van der Waals surface area (Å²) in [5, 5.41) is 3.04.